The summed E-state index contributed by atoms with van der Waals surface area (Å²) < 4.78 is 20.0. The Morgan fingerprint density at radius 1 is 1.22 bits per heavy atom. The maximum atomic E-state index is 12.7. The summed E-state index contributed by atoms with van der Waals surface area (Å²) in [6.45, 7) is 1.35. The van der Waals surface area contributed by atoms with Gasteiger partial charge in [0.05, 0.1) is 13.2 Å². The molecular formula is C13H15FN2O2. The van der Waals surface area contributed by atoms with Gasteiger partial charge in [-0.1, -0.05) is 12.1 Å². The van der Waals surface area contributed by atoms with Crippen molar-refractivity contribution in [1.82, 2.24) is 9.55 Å². The van der Waals surface area contributed by atoms with Crippen LogP contribution in [-0.4, -0.2) is 21.3 Å². The highest BCUT2D eigenvalue weighted by atomic mass is 19.1. The highest BCUT2D eigenvalue weighted by Crippen LogP contribution is 2.06. The van der Waals surface area contributed by atoms with Crippen LogP contribution >= 0.6 is 0 Å². The topological polar surface area (TPSA) is 47.3 Å². The molecule has 0 aliphatic carbocycles. The van der Waals surface area contributed by atoms with Crippen LogP contribution < -0.4 is 0 Å². The van der Waals surface area contributed by atoms with Crippen LogP contribution in [0.2, 0.25) is 0 Å². The summed E-state index contributed by atoms with van der Waals surface area (Å²) in [5.41, 5.74) is 0.914. The van der Waals surface area contributed by atoms with Crippen LogP contribution in [0, 0.1) is 5.82 Å². The lowest BCUT2D eigenvalue weighted by Crippen LogP contribution is -2.07. The first-order chi connectivity index (χ1) is 8.79. The van der Waals surface area contributed by atoms with Crippen molar-refractivity contribution in [2.75, 3.05) is 6.61 Å². The summed E-state index contributed by atoms with van der Waals surface area (Å²) in [5, 5.41) is 8.87. The van der Waals surface area contributed by atoms with Crippen LogP contribution in [0.25, 0.3) is 0 Å². The maximum Gasteiger partial charge on any atom is 0.134 e. The number of aliphatic hydroxyl groups is 1. The van der Waals surface area contributed by atoms with E-state index in [4.69, 9.17) is 9.84 Å². The van der Waals surface area contributed by atoms with Crippen LogP contribution in [0.1, 0.15) is 11.4 Å². The number of hydrogen-bond acceptors (Lipinski definition) is 3. The largest absolute Gasteiger partial charge is 0.395 e. The fourth-order valence-electron chi connectivity index (χ4n) is 1.63. The zero-order valence-electron chi connectivity index (χ0n) is 9.92. The molecule has 2 aromatic rings. The minimum atomic E-state index is -0.253. The molecule has 1 aromatic carbocycles. The highest BCUT2D eigenvalue weighted by molar-refractivity contribution is 5.14. The molecule has 5 heteroatoms. The summed E-state index contributed by atoms with van der Waals surface area (Å²) in [6.07, 6.45) is 3.47. The molecule has 0 spiro atoms. The first kappa shape index (κ1) is 12.7. The van der Waals surface area contributed by atoms with Gasteiger partial charge in [0.15, 0.2) is 0 Å². The highest BCUT2D eigenvalue weighted by Gasteiger charge is 2.02. The number of aromatic nitrogens is 2. The summed E-state index contributed by atoms with van der Waals surface area (Å²) in [6, 6.07) is 6.20. The predicted octanol–water partition coefficient (Wildman–Crippen LogP) is 1.73. The Bertz CT molecular complexity index is 482. The van der Waals surface area contributed by atoms with Crippen molar-refractivity contribution in [2.24, 2.45) is 0 Å². The van der Waals surface area contributed by atoms with Gasteiger partial charge in [0, 0.05) is 18.9 Å². The van der Waals surface area contributed by atoms with E-state index in [1.54, 1.807) is 24.5 Å². The van der Waals surface area contributed by atoms with Crippen LogP contribution in [0.5, 0.6) is 0 Å². The lowest BCUT2D eigenvalue weighted by atomic mass is 10.2. The number of hydrogen-bond donors (Lipinski definition) is 1. The molecule has 0 saturated heterocycles. The SMILES string of the molecule is OCCn1ccnc1COCc1ccc(F)cc1. The number of aliphatic hydroxyl groups excluding tert-OH is 1. The van der Waals surface area contributed by atoms with E-state index in [1.807, 2.05) is 4.57 Å². The molecule has 0 saturated carbocycles. The predicted molar refractivity (Wildman–Crippen MR) is 64.2 cm³/mol. The maximum absolute atomic E-state index is 12.7. The van der Waals surface area contributed by atoms with Crippen molar-refractivity contribution in [3.63, 3.8) is 0 Å². The van der Waals surface area contributed by atoms with Gasteiger partial charge in [-0.3, -0.25) is 0 Å². The molecule has 18 heavy (non-hydrogen) atoms. The molecule has 2 rings (SSSR count). The van der Waals surface area contributed by atoms with Gasteiger partial charge in [-0.15, -0.1) is 0 Å². The average Bonchev–Trinajstić information content (AvgIpc) is 2.80. The normalized spacial score (nSPS) is 10.8. The third-order valence-corrected chi connectivity index (χ3v) is 2.56. The van der Waals surface area contributed by atoms with Crippen molar-refractivity contribution in [3.8, 4) is 0 Å². The fraction of sp³-hybridized carbons (Fsp3) is 0.308. The first-order valence-electron chi connectivity index (χ1n) is 5.72. The molecular weight excluding hydrogens is 235 g/mol. The van der Waals surface area contributed by atoms with Crippen LogP contribution in [0.3, 0.4) is 0 Å². The molecule has 0 atom stereocenters. The van der Waals surface area contributed by atoms with Crippen LogP contribution in [-0.2, 0) is 24.5 Å². The zero-order valence-corrected chi connectivity index (χ0v) is 9.92. The van der Waals surface area contributed by atoms with Gasteiger partial charge in [0.2, 0.25) is 0 Å². The second-order valence-corrected chi connectivity index (χ2v) is 3.88. The van der Waals surface area contributed by atoms with Crippen LogP contribution in [0.4, 0.5) is 4.39 Å². The number of halogens is 1. The monoisotopic (exact) mass is 250 g/mol. The Hall–Kier alpha value is -1.72. The Morgan fingerprint density at radius 3 is 2.72 bits per heavy atom. The summed E-state index contributed by atoms with van der Waals surface area (Å²) in [7, 11) is 0. The molecule has 1 N–H and O–H groups in total. The Morgan fingerprint density at radius 2 is 2.00 bits per heavy atom. The van der Waals surface area contributed by atoms with E-state index in [1.165, 1.54) is 12.1 Å². The van der Waals surface area contributed by atoms with Gasteiger partial charge in [0.25, 0.3) is 0 Å². The molecule has 96 valence electrons. The summed E-state index contributed by atoms with van der Waals surface area (Å²) >= 11 is 0. The molecule has 1 aromatic heterocycles. The summed E-state index contributed by atoms with van der Waals surface area (Å²) in [5.74, 6) is 0.517. The Kier molecular flexibility index (Phi) is 4.44. The van der Waals surface area contributed by atoms with Crippen molar-refractivity contribution in [3.05, 3.63) is 53.9 Å². The van der Waals surface area contributed by atoms with E-state index in [2.05, 4.69) is 4.98 Å². The lowest BCUT2D eigenvalue weighted by molar-refractivity contribution is 0.0984. The van der Waals surface area contributed by atoms with Crippen LogP contribution in [0.15, 0.2) is 36.7 Å². The third-order valence-electron chi connectivity index (χ3n) is 2.56. The Balaban J connectivity index is 1.84. The minimum Gasteiger partial charge on any atom is -0.395 e. The van der Waals surface area contributed by atoms with Gasteiger partial charge in [0.1, 0.15) is 18.2 Å². The minimum absolute atomic E-state index is 0.0708. The quantitative estimate of drug-likeness (QED) is 0.849. The number of benzene rings is 1. The molecule has 0 aliphatic heterocycles. The molecule has 0 radical (unpaired) electrons. The third kappa shape index (κ3) is 3.38. The molecule has 0 fully saturated rings. The number of ether oxygens (including phenoxy) is 1. The summed E-state index contributed by atoms with van der Waals surface area (Å²) in [4.78, 5) is 4.15. The molecule has 0 aliphatic rings. The second kappa shape index (κ2) is 6.28. The van der Waals surface area contributed by atoms with E-state index in [0.29, 0.717) is 19.8 Å². The molecule has 1 heterocycles. The van der Waals surface area contributed by atoms with Gasteiger partial charge < -0.3 is 14.4 Å². The molecule has 4 nitrogen and oxygen atoms in total. The van der Waals surface area contributed by atoms with Gasteiger partial charge in [-0.05, 0) is 17.7 Å². The van der Waals surface area contributed by atoms with E-state index in [0.717, 1.165) is 11.4 Å². The van der Waals surface area contributed by atoms with Gasteiger partial charge >= 0.3 is 0 Å². The second-order valence-electron chi connectivity index (χ2n) is 3.88. The van der Waals surface area contributed by atoms with E-state index in [-0.39, 0.29) is 12.4 Å². The standard InChI is InChI=1S/C13H15FN2O2/c14-12-3-1-11(2-4-12)9-18-10-13-15-5-6-16(13)7-8-17/h1-6,17H,7-10H2. The van der Waals surface area contributed by atoms with E-state index in [9.17, 15) is 4.39 Å². The first-order valence-corrected chi connectivity index (χ1v) is 5.72. The zero-order chi connectivity index (χ0) is 12.8. The molecule has 0 bridgehead atoms. The van der Waals surface area contributed by atoms with Crippen molar-refractivity contribution >= 4 is 0 Å². The van der Waals surface area contributed by atoms with E-state index < -0.39 is 0 Å². The number of nitrogens with zero attached hydrogens (tertiary/aromatic N) is 2. The number of rotatable bonds is 6. The Labute approximate surface area is 105 Å². The smallest absolute Gasteiger partial charge is 0.134 e. The van der Waals surface area contributed by atoms with Crippen molar-refractivity contribution in [1.29, 1.82) is 0 Å². The average molecular weight is 250 g/mol. The van der Waals surface area contributed by atoms with Gasteiger partial charge in [-0.25, -0.2) is 9.37 Å². The lowest BCUT2D eigenvalue weighted by Gasteiger charge is -2.07. The fourth-order valence-corrected chi connectivity index (χ4v) is 1.63. The van der Waals surface area contributed by atoms with E-state index >= 15 is 0 Å². The van der Waals surface area contributed by atoms with Gasteiger partial charge in [-0.2, -0.15) is 0 Å². The molecule has 0 amide bonds. The molecule has 0 unspecified atom stereocenters. The van der Waals surface area contributed by atoms with Crippen molar-refractivity contribution in [2.45, 2.75) is 19.8 Å². The van der Waals surface area contributed by atoms with Crippen molar-refractivity contribution < 1.29 is 14.2 Å². The number of imidazole rings is 1.